The Labute approximate surface area is 101 Å². The molecule has 0 radical (unpaired) electrons. The number of halogens is 2. The standard InChI is InChI=1S/C10H8BrClN2O/c1-5-3-4-15-8(5)10-13-6(2)7(11)9(12)14-10/h3-4H,1-2H3. The van der Waals surface area contributed by atoms with Crippen LogP contribution in [0.15, 0.2) is 21.2 Å². The van der Waals surface area contributed by atoms with Crippen molar-refractivity contribution in [2.24, 2.45) is 0 Å². The van der Waals surface area contributed by atoms with E-state index in [1.807, 2.05) is 19.9 Å². The minimum Gasteiger partial charge on any atom is -0.461 e. The monoisotopic (exact) mass is 286 g/mol. The minimum absolute atomic E-state index is 0.397. The third kappa shape index (κ3) is 1.92. The average molecular weight is 288 g/mol. The molecule has 2 aromatic rings. The van der Waals surface area contributed by atoms with Crippen LogP contribution in [0.5, 0.6) is 0 Å². The summed E-state index contributed by atoms with van der Waals surface area (Å²) >= 11 is 9.26. The van der Waals surface area contributed by atoms with Gasteiger partial charge in [0, 0.05) is 0 Å². The Hall–Kier alpha value is -0.870. The fourth-order valence-corrected chi connectivity index (χ4v) is 1.62. The molecule has 0 saturated heterocycles. The van der Waals surface area contributed by atoms with Crippen molar-refractivity contribution < 1.29 is 4.42 Å². The topological polar surface area (TPSA) is 38.9 Å². The van der Waals surface area contributed by atoms with Gasteiger partial charge in [0.2, 0.25) is 0 Å². The summed E-state index contributed by atoms with van der Waals surface area (Å²) in [6.07, 6.45) is 1.61. The van der Waals surface area contributed by atoms with E-state index in [0.29, 0.717) is 16.7 Å². The molecule has 0 aliphatic rings. The SMILES string of the molecule is Cc1ccoc1-c1nc(C)c(Br)c(Cl)n1. The first-order valence-electron chi connectivity index (χ1n) is 4.33. The van der Waals surface area contributed by atoms with Gasteiger partial charge in [-0.15, -0.1) is 0 Å². The highest BCUT2D eigenvalue weighted by atomic mass is 79.9. The Kier molecular flexibility index (Phi) is 2.80. The maximum atomic E-state index is 5.95. The molecule has 0 fully saturated rings. The second kappa shape index (κ2) is 3.94. The summed E-state index contributed by atoms with van der Waals surface area (Å²) in [6.45, 7) is 3.80. The average Bonchev–Trinajstić information content (AvgIpc) is 2.60. The van der Waals surface area contributed by atoms with Crippen molar-refractivity contribution in [1.82, 2.24) is 9.97 Å². The molecule has 0 bridgehead atoms. The van der Waals surface area contributed by atoms with Gasteiger partial charge >= 0.3 is 0 Å². The van der Waals surface area contributed by atoms with Gasteiger partial charge in [-0.1, -0.05) is 11.6 Å². The maximum Gasteiger partial charge on any atom is 0.197 e. The zero-order valence-electron chi connectivity index (χ0n) is 8.21. The first kappa shape index (κ1) is 10.6. The summed E-state index contributed by atoms with van der Waals surface area (Å²) in [5.41, 5.74) is 1.79. The molecule has 2 heterocycles. The lowest BCUT2D eigenvalue weighted by atomic mass is 10.2. The molecule has 0 aliphatic carbocycles. The second-order valence-corrected chi connectivity index (χ2v) is 4.32. The molecule has 3 nitrogen and oxygen atoms in total. The fraction of sp³-hybridized carbons (Fsp3) is 0.200. The molecule has 0 amide bonds. The number of hydrogen-bond donors (Lipinski definition) is 0. The van der Waals surface area contributed by atoms with Gasteiger partial charge in [-0.2, -0.15) is 0 Å². The normalized spacial score (nSPS) is 10.7. The quantitative estimate of drug-likeness (QED) is 0.749. The summed E-state index contributed by atoms with van der Waals surface area (Å²) in [4.78, 5) is 8.45. The van der Waals surface area contributed by atoms with Crippen LogP contribution >= 0.6 is 27.5 Å². The van der Waals surface area contributed by atoms with Gasteiger partial charge in [-0.05, 0) is 41.4 Å². The van der Waals surface area contributed by atoms with Crippen molar-refractivity contribution in [2.75, 3.05) is 0 Å². The van der Waals surface area contributed by atoms with Crippen LogP contribution in [0.2, 0.25) is 5.15 Å². The molecule has 0 spiro atoms. The molecule has 78 valence electrons. The molecule has 0 unspecified atom stereocenters. The summed E-state index contributed by atoms with van der Waals surface area (Å²) in [6, 6.07) is 1.87. The van der Waals surface area contributed by atoms with Crippen molar-refractivity contribution in [3.05, 3.63) is 33.2 Å². The number of aryl methyl sites for hydroxylation is 2. The number of rotatable bonds is 1. The summed E-state index contributed by atoms with van der Waals surface area (Å²) in [5, 5.41) is 0.397. The Bertz CT molecular complexity index is 487. The summed E-state index contributed by atoms with van der Waals surface area (Å²) in [5.74, 6) is 1.18. The molecule has 0 aliphatic heterocycles. The largest absolute Gasteiger partial charge is 0.461 e. The van der Waals surface area contributed by atoms with E-state index in [4.69, 9.17) is 16.0 Å². The Morgan fingerprint density at radius 2 is 2.07 bits per heavy atom. The molecule has 2 rings (SSSR count). The molecule has 2 aromatic heterocycles. The lowest BCUT2D eigenvalue weighted by Crippen LogP contribution is -1.94. The van der Waals surface area contributed by atoms with E-state index < -0.39 is 0 Å². The van der Waals surface area contributed by atoms with Gasteiger partial charge in [0.25, 0.3) is 0 Å². The van der Waals surface area contributed by atoms with E-state index in [2.05, 4.69) is 25.9 Å². The predicted molar refractivity (Wildman–Crippen MR) is 61.9 cm³/mol. The van der Waals surface area contributed by atoms with Gasteiger partial charge in [0.05, 0.1) is 16.4 Å². The Morgan fingerprint density at radius 3 is 2.60 bits per heavy atom. The highest BCUT2D eigenvalue weighted by molar-refractivity contribution is 9.10. The highest BCUT2D eigenvalue weighted by Crippen LogP contribution is 2.27. The van der Waals surface area contributed by atoms with Crippen LogP contribution in [0, 0.1) is 13.8 Å². The molecule has 0 aromatic carbocycles. The van der Waals surface area contributed by atoms with E-state index in [1.165, 1.54) is 0 Å². The van der Waals surface area contributed by atoms with Crippen LogP contribution in [0.4, 0.5) is 0 Å². The third-order valence-corrected chi connectivity index (χ3v) is 3.49. The predicted octanol–water partition coefficient (Wildman–Crippen LogP) is 3.77. The summed E-state index contributed by atoms with van der Waals surface area (Å²) in [7, 11) is 0. The van der Waals surface area contributed by atoms with Crippen LogP contribution in [0.3, 0.4) is 0 Å². The fourth-order valence-electron chi connectivity index (χ4n) is 1.23. The first-order valence-corrected chi connectivity index (χ1v) is 5.51. The number of aromatic nitrogens is 2. The lowest BCUT2D eigenvalue weighted by molar-refractivity contribution is 0.575. The molecule has 5 heteroatoms. The Balaban J connectivity index is 2.60. The van der Waals surface area contributed by atoms with E-state index in [1.54, 1.807) is 6.26 Å². The molecule has 15 heavy (non-hydrogen) atoms. The van der Waals surface area contributed by atoms with E-state index in [0.717, 1.165) is 15.7 Å². The van der Waals surface area contributed by atoms with Gasteiger partial charge in [0.1, 0.15) is 5.15 Å². The van der Waals surface area contributed by atoms with Crippen molar-refractivity contribution in [3.63, 3.8) is 0 Å². The van der Waals surface area contributed by atoms with Crippen molar-refractivity contribution in [1.29, 1.82) is 0 Å². The molecule has 0 saturated carbocycles. The van der Waals surface area contributed by atoms with Gasteiger partial charge in [-0.3, -0.25) is 0 Å². The van der Waals surface area contributed by atoms with Gasteiger partial charge in [-0.25, -0.2) is 9.97 Å². The van der Waals surface area contributed by atoms with E-state index in [-0.39, 0.29) is 0 Å². The number of hydrogen-bond acceptors (Lipinski definition) is 3. The second-order valence-electron chi connectivity index (χ2n) is 3.17. The van der Waals surface area contributed by atoms with Crippen LogP contribution in [-0.4, -0.2) is 9.97 Å². The smallest absolute Gasteiger partial charge is 0.197 e. The summed E-state index contributed by atoms with van der Waals surface area (Å²) < 4.78 is 6.02. The highest BCUT2D eigenvalue weighted by Gasteiger charge is 2.13. The molecular weight excluding hydrogens is 279 g/mol. The zero-order chi connectivity index (χ0) is 11.0. The molecule has 0 atom stereocenters. The molecule has 0 N–H and O–H groups in total. The lowest BCUT2D eigenvalue weighted by Gasteiger charge is -2.03. The third-order valence-electron chi connectivity index (χ3n) is 2.04. The van der Waals surface area contributed by atoms with Crippen LogP contribution in [0.1, 0.15) is 11.3 Å². The van der Waals surface area contributed by atoms with Crippen LogP contribution in [-0.2, 0) is 0 Å². The van der Waals surface area contributed by atoms with Crippen LogP contribution < -0.4 is 0 Å². The van der Waals surface area contributed by atoms with Gasteiger partial charge in [0.15, 0.2) is 11.6 Å². The van der Waals surface area contributed by atoms with Crippen molar-refractivity contribution in [3.8, 4) is 11.6 Å². The van der Waals surface area contributed by atoms with Crippen LogP contribution in [0.25, 0.3) is 11.6 Å². The van der Waals surface area contributed by atoms with E-state index in [9.17, 15) is 0 Å². The number of nitrogens with zero attached hydrogens (tertiary/aromatic N) is 2. The Morgan fingerprint density at radius 1 is 1.33 bits per heavy atom. The minimum atomic E-state index is 0.397. The molecular formula is C10H8BrClN2O. The zero-order valence-corrected chi connectivity index (χ0v) is 10.6. The van der Waals surface area contributed by atoms with Crippen molar-refractivity contribution in [2.45, 2.75) is 13.8 Å². The number of furan rings is 1. The van der Waals surface area contributed by atoms with Gasteiger partial charge < -0.3 is 4.42 Å². The van der Waals surface area contributed by atoms with Crippen molar-refractivity contribution >= 4 is 27.5 Å². The van der Waals surface area contributed by atoms with E-state index >= 15 is 0 Å². The first-order chi connectivity index (χ1) is 7.09. The maximum absolute atomic E-state index is 5.95.